The minimum Gasteiger partial charge on any atom is -0.481 e. The molecule has 0 radical (unpaired) electrons. The highest BCUT2D eigenvalue weighted by molar-refractivity contribution is 5.95. The van der Waals surface area contributed by atoms with Crippen LogP contribution in [0.3, 0.4) is 0 Å². The van der Waals surface area contributed by atoms with Gasteiger partial charge in [0.05, 0.1) is 11.8 Å². The fourth-order valence-corrected chi connectivity index (χ4v) is 2.20. The second-order valence-corrected chi connectivity index (χ2v) is 4.65. The fraction of sp³-hybridized carbons (Fsp3) is 0.357. The van der Waals surface area contributed by atoms with Crippen LogP contribution < -0.4 is 5.32 Å². The van der Waals surface area contributed by atoms with Gasteiger partial charge >= 0.3 is 5.97 Å². The maximum absolute atomic E-state index is 12.2. The van der Waals surface area contributed by atoms with Crippen molar-refractivity contribution < 1.29 is 14.7 Å². The molecule has 2 N–H and O–H groups in total. The third-order valence-corrected chi connectivity index (χ3v) is 3.34. The number of rotatable bonds is 3. The summed E-state index contributed by atoms with van der Waals surface area (Å²) in [5.41, 5.74) is 0.856. The quantitative estimate of drug-likeness (QED) is 0.815. The first-order valence-electron chi connectivity index (χ1n) is 6.20. The van der Waals surface area contributed by atoms with E-state index < -0.39 is 17.8 Å². The SMILES string of the molecule is Cc1cccnc1NC(=O)[C@@H]1CC=CC[C@H]1C(=O)O. The molecule has 1 aliphatic rings. The predicted molar refractivity (Wildman–Crippen MR) is 70.6 cm³/mol. The number of nitrogens with zero attached hydrogens (tertiary/aromatic N) is 1. The van der Waals surface area contributed by atoms with Gasteiger partial charge in [-0.25, -0.2) is 4.98 Å². The lowest BCUT2D eigenvalue weighted by atomic mass is 9.82. The second-order valence-electron chi connectivity index (χ2n) is 4.65. The number of hydrogen-bond donors (Lipinski definition) is 2. The van der Waals surface area contributed by atoms with E-state index in [1.165, 1.54) is 0 Å². The Hall–Kier alpha value is -2.17. The molecule has 100 valence electrons. The molecular weight excluding hydrogens is 244 g/mol. The smallest absolute Gasteiger partial charge is 0.307 e. The first kappa shape index (κ1) is 13.3. The number of aliphatic carboxylic acids is 1. The molecule has 0 spiro atoms. The van der Waals surface area contributed by atoms with Crippen molar-refractivity contribution in [2.24, 2.45) is 11.8 Å². The highest BCUT2D eigenvalue weighted by Gasteiger charge is 2.34. The highest BCUT2D eigenvalue weighted by atomic mass is 16.4. The van der Waals surface area contributed by atoms with E-state index in [9.17, 15) is 9.59 Å². The number of allylic oxidation sites excluding steroid dienone is 2. The average molecular weight is 260 g/mol. The van der Waals surface area contributed by atoms with Crippen molar-refractivity contribution in [3.05, 3.63) is 36.0 Å². The third kappa shape index (κ3) is 2.99. The number of anilines is 1. The van der Waals surface area contributed by atoms with Crippen LogP contribution in [0, 0.1) is 18.8 Å². The van der Waals surface area contributed by atoms with Crippen LogP contribution in [0.5, 0.6) is 0 Å². The zero-order chi connectivity index (χ0) is 13.8. The molecular formula is C14H16N2O3. The summed E-state index contributed by atoms with van der Waals surface area (Å²) in [4.78, 5) is 27.4. The summed E-state index contributed by atoms with van der Waals surface area (Å²) in [6, 6.07) is 3.63. The van der Waals surface area contributed by atoms with Crippen LogP contribution in [-0.4, -0.2) is 22.0 Å². The van der Waals surface area contributed by atoms with Gasteiger partial charge in [-0.15, -0.1) is 0 Å². The Morgan fingerprint density at radius 1 is 1.32 bits per heavy atom. The molecule has 0 aromatic carbocycles. The van der Waals surface area contributed by atoms with Gasteiger partial charge in [0.1, 0.15) is 5.82 Å². The van der Waals surface area contributed by atoms with Crippen LogP contribution in [0.1, 0.15) is 18.4 Å². The summed E-state index contributed by atoms with van der Waals surface area (Å²) < 4.78 is 0. The van der Waals surface area contributed by atoms with E-state index in [4.69, 9.17) is 5.11 Å². The third-order valence-electron chi connectivity index (χ3n) is 3.34. The van der Waals surface area contributed by atoms with Crippen molar-refractivity contribution in [2.75, 3.05) is 5.32 Å². The lowest BCUT2D eigenvalue weighted by Crippen LogP contribution is -2.35. The van der Waals surface area contributed by atoms with E-state index in [0.29, 0.717) is 18.7 Å². The molecule has 1 aromatic heterocycles. The molecule has 0 bridgehead atoms. The molecule has 1 aromatic rings. The fourth-order valence-electron chi connectivity index (χ4n) is 2.20. The standard InChI is InChI=1S/C14H16N2O3/c1-9-5-4-8-15-12(9)16-13(17)10-6-2-3-7-11(10)14(18)19/h2-5,8,10-11H,6-7H2,1H3,(H,18,19)(H,15,16,17)/t10-,11-/m1/s1. The zero-order valence-corrected chi connectivity index (χ0v) is 10.7. The Morgan fingerprint density at radius 3 is 2.63 bits per heavy atom. The van der Waals surface area contributed by atoms with Gasteiger partial charge in [-0.05, 0) is 31.4 Å². The van der Waals surface area contributed by atoms with E-state index in [1.54, 1.807) is 12.3 Å². The van der Waals surface area contributed by atoms with Crippen LogP contribution in [0.15, 0.2) is 30.5 Å². The van der Waals surface area contributed by atoms with Crippen molar-refractivity contribution in [1.29, 1.82) is 0 Å². The van der Waals surface area contributed by atoms with Crippen molar-refractivity contribution >= 4 is 17.7 Å². The summed E-state index contributed by atoms with van der Waals surface area (Å²) >= 11 is 0. The number of carboxylic acids is 1. The summed E-state index contributed by atoms with van der Waals surface area (Å²) in [6.07, 6.45) is 6.12. The first-order chi connectivity index (χ1) is 9.09. The Kier molecular flexibility index (Phi) is 3.94. The van der Waals surface area contributed by atoms with Crippen LogP contribution in [0.25, 0.3) is 0 Å². The largest absolute Gasteiger partial charge is 0.481 e. The van der Waals surface area contributed by atoms with Gasteiger partial charge in [0.25, 0.3) is 0 Å². The Morgan fingerprint density at radius 2 is 2.00 bits per heavy atom. The lowest BCUT2D eigenvalue weighted by Gasteiger charge is -2.24. The molecule has 1 amide bonds. The molecule has 5 heteroatoms. The van der Waals surface area contributed by atoms with Crippen LogP contribution in [0.4, 0.5) is 5.82 Å². The van der Waals surface area contributed by atoms with Gasteiger partial charge in [0.2, 0.25) is 5.91 Å². The monoisotopic (exact) mass is 260 g/mol. The Bertz CT molecular complexity index is 525. The highest BCUT2D eigenvalue weighted by Crippen LogP contribution is 2.27. The topological polar surface area (TPSA) is 79.3 Å². The van der Waals surface area contributed by atoms with E-state index in [2.05, 4.69) is 10.3 Å². The normalized spacial score (nSPS) is 21.9. The molecule has 0 fully saturated rings. The predicted octanol–water partition coefficient (Wildman–Crippen LogP) is 2.00. The van der Waals surface area contributed by atoms with Crippen molar-refractivity contribution in [1.82, 2.24) is 4.98 Å². The zero-order valence-electron chi connectivity index (χ0n) is 10.7. The molecule has 1 heterocycles. The number of carbonyl (C=O) groups is 2. The van der Waals surface area contributed by atoms with Gasteiger partial charge in [-0.2, -0.15) is 0 Å². The minimum absolute atomic E-state index is 0.279. The average Bonchev–Trinajstić information content (AvgIpc) is 2.41. The Balaban J connectivity index is 2.13. The molecule has 5 nitrogen and oxygen atoms in total. The maximum atomic E-state index is 12.2. The maximum Gasteiger partial charge on any atom is 0.307 e. The van der Waals surface area contributed by atoms with Crippen LogP contribution in [0.2, 0.25) is 0 Å². The number of amides is 1. The number of pyridine rings is 1. The number of hydrogen-bond acceptors (Lipinski definition) is 3. The number of carbonyl (C=O) groups excluding carboxylic acids is 1. The molecule has 2 rings (SSSR count). The van der Waals surface area contributed by atoms with Crippen LogP contribution >= 0.6 is 0 Å². The summed E-state index contributed by atoms with van der Waals surface area (Å²) in [5.74, 6) is -1.91. The van der Waals surface area contributed by atoms with Gasteiger partial charge < -0.3 is 10.4 Å². The number of aromatic nitrogens is 1. The van der Waals surface area contributed by atoms with E-state index in [0.717, 1.165) is 5.56 Å². The molecule has 0 saturated heterocycles. The molecule has 2 atom stereocenters. The van der Waals surface area contributed by atoms with Crippen molar-refractivity contribution in [3.63, 3.8) is 0 Å². The van der Waals surface area contributed by atoms with Gasteiger partial charge in [-0.1, -0.05) is 18.2 Å². The molecule has 1 aliphatic carbocycles. The van der Waals surface area contributed by atoms with Crippen molar-refractivity contribution in [3.8, 4) is 0 Å². The first-order valence-corrected chi connectivity index (χ1v) is 6.20. The number of aryl methyl sites for hydroxylation is 1. The number of nitrogens with one attached hydrogen (secondary N) is 1. The van der Waals surface area contributed by atoms with E-state index in [1.807, 2.05) is 25.1 Å². The summed E-state index contributed by atoms with van der Waals surface area (Å²) in [7, 11) is 0. The molecule has 0 aliphatic heterocycles. The molecule has 0 saturated carbocycles. The minimum atomic E-state index is -0.928. The van der Waals surface area contributed by atoms with Crippen LogP contribution in [-0.2, 0) is 9.59 Å². The van der Waals surface area contributed by atoms with E-state index in [-0.39, 0.29) is 5.91 Å². The molecule has 0 unspecified atom stereocenters. The lowest BCUT2D eigenvalue weighted by molar-refractivity contribution is -0.146. The van der Waals surface area contributed by atoms with Gasteiger partial charge in [-0.3, -0.25) is 9.59 Å². The summed E-state index contributed by atoms with van der Waals surface area (Å²) in [6.45, 7) is 1.85. The summed E-state index contributed by atoms with van der Waals surface area (Å²) in [5, 5.41) is 11.9. The van der Waals surface area contributed by atoms with Crippen molar-refractivity contribution in [2.45, 2.75) is 19.8 Å². The Labute approximate surface area is 111 Å². The second kappa shape index (κ2) is 5.65. The number of carboxylic acid groups (broad SMARTS) is 1. The van der Waals surface area contributed by atoms with E-state index >= 15 is 0 Å². The van der Waals surface area contributed by atoms with Gasteiger partial charge in [0.15, 0.2) is 0 Å². The van der Waals surface area contributed by atoms with Gasteiger partial charge in [0, 0.05) is 6.20 Å². The molecule has 19 heavy (non-hydrogen) atoms.